The third-order valence-corrected chi connectivity index (χ3v) is 7.70. The van der Waals surface area contributed by atoms with E-state index in [2.05, 4.69) is 47.2 Å². The van der Waals surface area contributed by atoms with E-state index in [9.17, 15) is 0 Å². The average molecular weight is 397 g/mol. The first-order valence-electron chi connectivity index (χ1n) is 9.70. The molecule has 1 aromatic carbocycles. The van der Waals surface area contributed by atoms with Crippen LogP contribution in [-0.4, -0.2) is 48.1 Å². The van der Waals surface area contributed by atoms with Crippen LogP contribution < -0.4 is 4.90 Å². The number of thioether (sulfide) groups is 1. The van der Waals surface area contributed by atoms with Gasteiger partial charge in [0.2, 0.25) is 0 Å². The van der Waals surface area contributed by atoms with E-state index in [0.717, 1.165) is 37.8 Å². The number of thiophene rings is 1. The van der Waals surface area contributed by atoms with E-state index in [1.54, 1.807) is 4.88 Å². The zero-order valence-corrected chi connectivity index (χ0v) is 17.3. The Morgan fingerprint density at radius 3 is 2.67 bits per heavy atom. The highest BCUT2D eigenvalue weighted by atomic mass is 32.2. The summed E-state index contributed by atoms with van der Waals surface area (Å²) in [5.41, 5.74) is 1.53. The molecule has 27 heavy (non-hydrogen) atoms. The Labute approximate surface area is 168 Å². The van der Waals surface area contributed by atoms with E-state index >= 15 is 0 Å². The summed E-state index contributed by atoms with van der Waals surface area (Å²) in [5, 5.41) is 1.35. The fourth-order valence-electron chi connectivity index (χ4n) is 4.00. The molecule has 0 radical (unpaired) electrons. The van der Waals surface area contributed by atoms with Crippen LogP contribution in [0.2, 0.25) is 0 Å². The van der Waals surface area contributed by atoms with Crippen LogP contribution in [0.4, 0.5) is 5.82 Å². The Hall–Kier alpha value is -1.63. The number of aromatic nitrogens is 2. The number of likely N-dealkylation sites (N-methyl/N-ethyl adjacent to an activating group) is 1. The summed E-state index contributed by atoms with van der Waals surface area (Å²) in [6.45, 7) is 4.31. The molecule has 0 bridgehead atoms. The summed E-state index contributed by atoms with van der Waals surface area (Å²) in [5.74, 6) is 2.98. The Bertz CT molecular complexity index is 946. The van der Waals surface area contributed by atoms with Gasteiger partial charge in [-0.2, -0.15) is 0 Å². The molecule has 4 nitrogen and oxygen atoms in total. The lowest BCUT2D eigenvalue weighted by atomic mass is 10.1. The normalized spacial score (nSPS) is 17.6. The maximum Gasteiger partial charge on any atom is 0.142 e. The number of hydrogen-bond donors (Lipinski definition) is 0. The molecule has 3 heterocycles. The van der Waals surface area contributed by atoms with Gasteiger partial charge in [0.15, 0.2) is 0 Å². The second kappa shape index (κ2) is 7.41. The smallest absolute Gasteiger partial charge is 0.142 e. The van der Waals surface area contributed by atoms with E-state index < -0.39 is 0 Å². The SMILES string of the molecule is CN1CCN(c2nc(CSc3ccccc3)nc3sc4c(c23)CCC4)CC1. The minimum atomic E-state index is 0.823. The lowest BCUT2D eigenvalue weighted by Crippen LogP contribution is -2.45. The fourth-order valence-corrected chi connectivity index (χ4v) is 6.04. The third kappa shape index (κ3) is 3.46. The molecule has 2 aromatic heterocycles. The Kier molecular flexibility index (Phi) is 4.80. The summed E-state index contributed by atoms with van der Waals surface area (Å²) in [6, 6.07) is 10.6. The van der Waals surface area contributed by atoms with Gasteiger partial charge in [0.05, 0.1) is 11.1 Å². The Balaban J connectivity index is 1.51. The van der Waals surface area contributed by atoms with Gasteiger partial charge in [0, 0.05) is 36.0 Å². The van der Waals surface area contributed by atoms with Crippen LogP contribution in [0.25, 0.3) is 10.2 Å². The molecule has 0 saturated carbocycles. The molecular weight excluding hydrogens is 372 g/mol. The number of nitrogens with zero attached hydrogens (tertiary/aromatic N) is 4. The summed E-state index contributed by atoms with van der Waals surface area (Å²) < 4.78 is 0. The van der Waals surface area contributed by atoms with Crippen LogP contribution in [0.3, 0.4) is 0 Å². The Morgan fingerprint density at radius 1 is 1.04 bits per heavy atom. The molecule has 1 aliphatic heterocycles. The van der Waals surface area contributed by atoms with Gasteiger partial charge in [-0.25, -0.2) is 9.97 Å². The van der Waals surface area contributed by atoms with Gasteiger partial charge in [-0.05, 0) is 44.0 Å². The zero-order valence-electron chi connectivity index (χ0n) is 15.6. The first-order valence-corrected chi connectivity index (χ1v) is 11.5. The molecule has 2 aliphatic rings. The molecule has 140 valence electrons. The van der Waals surface area contributed by atoms with Crippen LogP contribution in [0.5, 0.6) is 0 Å². The predicted molar refractivity (Wildman–Crippen MR) is 115 cm³/mol. The van der Waals surface area contributed by atoms with Crippen LogP contribution in [0, 0.1) is 0 Å². The quantitative estimate of drug-likeness (QED) is 0.617. The van der Waals surface area contributed by atoms with Crippen molar-refractivity contribution in [1.29, 1.82) is 0 Å². The number of piperazine rings is 1. The lowest BCUT2D eigenvalue weighted by molar-refractivity contribution is 0.312. The molecule has 0 spiro atoms. The van der Waals surface area contributed by atoms with E-state index in [1.165, 1.54) is 45.8 Å². The molecule has 3 aromatic rings. The number of anilines is 1. The van der Waals surface area contributed by atoms with E-state index in [-0.39, 0.29) is 0 Å². The van der Waals surface area contributed by atoms with Gasteiger partial charge < -0.3 is 9.80 Å². The molecule has 5 rings (SSSR count). The highest BCUT2D eigenvalue weighted by molar-refractivity contribution is 7.98. The van der Waals surface area contributed by atoms with Gasteiger partial charge in [-0.3, -0.25) is 0 Å². The van der Waals surface area contributed by atoms with Crippen molar-refractivity contribution in [3.63, 3.8) is 0 Å². The lowest BCUT2D eigenvalue weighted by Gasteiger charge is -2.33. The summed E-state index contributed by atoms with van der Waals surface area (Å²) in [4.78, 5) is 19.0. The maximum atomic E-state index is 5.10. The van der Waals surface area contributed by atoms with Crippen molar-refractivity contribution >= 4 is 39.1 Å². The van der Waals surface area contributed by atoms with Gasteiger partial charge >= 0.3 is 0 Å². The van der Waals surface area contributed by atoms with Gasteiger partial charge in [-0.15, -0.1) is 23.1 Å². The van der Waals surface area contributed by atoms with E-state index in [0.29, 0.717) is 0 Å². The molecule has 1 saturated heterocycles. The molecule has 1 aliphatic carbocycles. The maximum absolute atomic E-state index is 5.10. The molecular formula is C21H24N4S2. The summed E-state index contributed by atoms with van der Waals surface area (Å²) in [6.07, 6.45) is 3.69. The predicted octanol–water partition coefficient (Wildman–Crippen LogP) is 4.22. The number of fused-ring (bicyclic) bond motifs is 3. The van der Waals surface area contributed by atoms with Crippen molar-refractivity contribution in [3.05, 3.63) is 46.6 Å². The number of aryl methyl sites for hydroxylation is 2. The van der Waals surface area contributed by atoms with Gasteiger partial charge in [0.1, 0.15) is 16.5 Å². The van der Waals surface area contributed by atoms with Crippen LogP contribution >= 0.6 is 23.1 Å². The highest BCUT2D eigenvalue weighted by Crippen LogP contribution is 2.41. The van der Waals surface area contributed by atoms with Crippen molar-refractivity contribution in [1.82, 2.24) is 14.9 Å². The number of rotatable bonds is 4. The van der Waals surface area contributed by atoms with Crippen LogP contribution in [0.1, 0.15) is 22.7 Å². The number of benzene rings is 1. The monoisotopic (exact) mass is 396 g/mol. The van der Waals surface area contributed by atoms with Crippen molar-refractivity contribution < 1.29 is 0 Å². The fraction of sp³-hybridized carbons (Fsp3) is 0.429. The van der Waals surface area contributed by atoms with E-state index in [1.807, 2.05) is 23.1 Å². The number of hydrogen-bond acceptors (Lipinski definition) is 6. The summed E-state index contributed by atoms with van der Waals surface area (Å²) in [7, 11) is 2.21. The molecule has 6 heteroatoms. The highest BCUT2D eigenvalue weighted by Gasteiger charge is 2.26. The van der Waals surface area contributed by atoms with Crippen molar-refractivity contribution in [3.8, 4) is 0 Å². The third-order valence-electron chi connectivity index (χ3n) is 5.51. The minimum absolute atomic E-state index is 0.823. The first-order chi connectivity index (χ1) is 13.3. The summed E-state index contributed by atoms with van der Waals surface area (Å²) >= 11 is 3.72. The van der Waals surface area contributed by atoms with Crippen molar-refractivity contribution in [2.45, 2.75) is 29.9 Å². The minimum Gasteiger partial charge on any atom is -0.353 e. The van der Waals surface area contributed by atoms with Crippen LogP contribution in [-0.2, 0) is 18.6 Å². The molecule has 1 fully saturated rings. The molecule has 0 unspecified atom stereocenters. The van der Waals surface area contributed by atoms with Gasteiger partial charge in [-0.1, -0.05) is 18.2 Å². The average Bonchev–Trinajstić information content (AvgIpc) is 3.28. The Morgan fingerprint density at radius 2 is 1.85 bits per heavy atom. The van der Waals surface area contributed by atoms with Crippen LogP contribution in [0.15, 0.2) is 35.2 Å². The second-order valence-corrected chi connectivity index (χ2v) is 9.53. The zero-order chi connectivity index (χ0) is 18.2. The first kappa shape index (κ1) is 17.5. The van der Waals surface area contributed by atoms with Gasteiger partial charge in [0.25, 0.3) is 0 Å². The molecule has 0 atom stereocenters. The largest absolute Gasteiger partial charge is 0.353 e. The standard InChI is InChI=1S/C21H24N4S2/c1-24-10-12-25(13-11-24)20-19-16-8-5-9-17(16)27-21(19)23-18(22-20)14-26-15-6-3-2-4-7-15/h2-4,6-7H,5,8-14H2,1H3. The van der Waals surface area contributed by atoms with Crippen molar-refractivity contribution in [2.75, 3.05) is 38.1 Å². The van der Waals surface area contributed by atoms with Crippen molar-refractivity contribution in [2.24, 2.45) is 0 Å². The second-order valence-electron chi connectivity index (χ2n) is 7.39. The van der Waals surface area contributed by atoms with E-state index in [4.69, 9.17) is 9.97 Å². The topological polar surface area (TPSA) is 32.3 Å². The molecule has 0 amide bonds. The molecule has 0 N–H and O–H groups in total.